The molecule has 124 valence electrons. The molecule has 0 saturated heterocycles. The zero-order valence-corrected chi connectivity index (χ0v) is 13.9. The first-order chi connectivity index (χ1) is 11.2. The van der Waals surface area contributed by atoms with Gasteiger partial charge in [-0.15, -0.1) is 0 Å². The number of anilines is 1. The average molecular weight is 318 g/mol. The maximum Gasteiger partial charge on any atom is 0.222 e. The van der Waals surface area contributed by atoms with Crippen molar-refractivity contribution in [1.82, 2.24) is 14.8 Å². The van der Waals surface area contributed by atoms with Gasteiger partial charge in [-0.05, 0) is 25.5 Å². The number of hydrogen-bond donors (Lipinski definition) is 1. The molecular weight excluding hydrogens is 296 g/mol. The van der Waals surface area contributed by atoms with Crippen molar-refractivity contribution in [3.05, 3.63) is 29.6 Å². The summed E-state index contributed by atoms with van der Waals surface area (Å²) in [5.41, 5.74) is 1.07. The summed E-state index contributed by atoms with van der Waals surface area (Å²) in [4.78, 5) is 4.51. The Balaban J connectivity index is 2.03. The Morgan fingerprint density at radius 1 is 1.26 bits per heavy atom. The molecular formula is C16H22N4O3. The molecule has 3 rings (SSSR count). The highest BCUT2D eigenvalue weighted by atomic mass is 16.5. The van der Waals surface area contributed by atoms with Gasteiger partial charge in [-0.3, -0.25) is 0 Å². The summed E-state index contributed by atoms with van der Waals surface area (Å²) in [6.07, 6.45) is 0.894. The molecule has 7 heteroatoms. The fraction of sp³-hybridized carbons (Fsp3) is 0.500. The number of nitrogens with one attached hydrogen (secondary N) is 1. The van der Waals surface area contributed by atoms with E-state index in [1.54, 1.807) is 21.3 Å². The summed E-state index contributed by atoms with van der Waals surface area (Å²) in [7, 11) is 4.95. The van der Waals surface area contributed by atoms with Crippen LogP contribution in [0.5, 0.6) is 11.5 Å². The van der Waals surface area contributed by atoms with E-state index in [-0.39, 0.29) is 6.04 Å². The van der Waals surface area contributed by atoms with E-state index in [4.69, 9.17) is 14.2 Å². The van der Waals surface area contributed by atoms with Crippen LogP contribution in [0, 0.1) is 0 Å². The van der Waals surface area contributed by atoms with Crippen LogP contribution in [0.15, 0.2) is 18.2 Å². The molecule has 1 aliphatic rings. The lowest BCUT2D eigenvalue weighted by molar-refractivity contribution is 0.177. The molecule has 1 aromatic carbocycles. The van der Waals surface area contributed by atoms with Crippen molar-refractivity contribution in [3.63, 3.8) is 0 Å². The normalized spacial score (nSPS) is 19.8. The first-order valence-corrected chi connectivity index (χ1v) is 7.59. The Hall–Kier alpha value is -2.28. The monoisotopic (exact) mass is 318 g/mol. The van der Waals surface area contributed by atoms with E-state index in [1.165, 1.54) is 0 Å². The summed E-state index contributed by atoms with van der Waals surface area (Å²) in [6.45, 7) is 2.53. The third kappa shape index (κ3) is 2.96. The van der Waals surface area contributed by atoms with Crippen molar-refractivity contribution >= 4 is 5.95 Å². The molecule has 7 nitrogen and oxygen atoms in total. The Labute approximate surface area is 135 Å². The van der Waals surface area contributed by atoms with Gasteiger partial charge in [-0.25, -0.2) is 4.68 Å². The number of methoxy groups -OCH3 is 3. The Morgan fingerprint density at radius 2 is 2.09 bits per heavy atom. The SMILES string of the molecule is COCc1nc2n(n1)[C@@H](c1ccc(OC)cc1OC)C[C@H](C)N2. The van der Waals surface area contributed by atoms with E-state index < -0.39 is 0 Å². The van der Waals surface area contributed by atoms with Crippen LogP contribution in [0.4, 0.5) is 5.95 Å². The zero-order chi connectivity index (χ0) is 16.4. The number of rotatable bonds is 5. The molecule has 0 aliphatic carbocycles. The first kappa shape index (κ1) is 15.6. The van der Waals surface area contributed by atoms with Crippen LogP contribution >= 0.6 is 0 Å². The highest BCUT2D eigenvalue weighted by Crippen LogP contribution is 2.37. The second-order valence-corrected chi connectivity index (χ2v) is 5.63. The Kier molecular flexibility index (Phi) is 4.38. The number of nitrogens with zero attached hydrogens (tertiary/aromatic N) is 3. The summed E-state index contributed by atoms with van der Waals surface area (Å²) in [5.74, 6) is 2.99. The van der Waals surface area contributed by atoms with Crippen molar-refractivity contribution in [2.45, 2.75) is 32.0 Å². The van der Waals surface area contributed by atoms with Gasteiger partial charge in [-0.1, -0.05) is 0 Å². The van der Waals surface area contributed by atoms with E-state index in [0.717, 1.165) is 29.4 Å². The minimum Gasteiger partial charge on any atom is -0.497 e. The average Bonchev–Trinajstić information content (AvgIpc) is 2.96. The number of fused-ring (bicyclic) bond motifs is 1. The summed E-state index contributed by atoms with van der Waals surface area (Å²) >= 11 is 0. The third-order valence-electron chi connectivity index (χ3n) is 4.00. The molecule has 1 N–H and O–H groups in total. The molecule has 0 amide bonds. The molecule has 0 fully saturated rings. The van der Waals surface area contributed by atoms with Crippen molar-refractivity contribution < 1.29 is 14.2 Å². The van der Waals surface area contributed by atoms with Crippen LogP contribution in [0.2, 0.25) is 0 Å². The van der Waals surface area contributed by atoms with Gasteiger partial charge in [0.25, 0.3) is 0 Å². The molecule has 0 bridgehead atoms. The van der Waals surface area contributed by atoms with Crippen LogP contribution in [0.3, 0.4) is 0 Å². The largest absolute Gasteiger partial charge is 0.497 e. The predicted molar refractivity (Wildman–Crippen MR) is 86.1 cm³/mol. The zero-order valence-electron chi connectivity index (χ0n) is 13.9. The molecule has 1 aliphatic heterocycles. The molecule has 0 saturated carbocycles. The number of benzene rings is 1. The van der Waals surface area contributed by atoms with Crippen LogP contribution < -0.4 is 14.8 Å². The minimum atomic E-state index is 0.0558. The van der Waals surface area contributed by atoms with Crippen molar-refractivity contribution in [1.29, 1.82) is 0 Å². The van der Waals surface area contributed by atoms with E-state index in [0.29, 0.717) is 18.5 Å². The molecule has 0 unspecified atom stereocenters. The van der Waals surface area contributed by atoms with Gasteiger partial charge in [0.2, 0.25) is 5.95 Å². The standard InChI is InChI=1S/C16H22N4O3/c1-10-7-13(12-6-5-11(22-3)8-14(12)23-4)20-16(17-10)18-15(19-20)9-21-2/h5-6,8,10,13H,7,9H2,1-4H3,(H,17,18,19)/t10-,13+/m0/s1. The number of hydrogen-bond acceptors (Lipinski definition) is 6. The highest BCUT2D eigenvalue weighted by Gasteiger charge is 2.30. The van der Waals surface area contributed by atoms with Crippen LogP contribution in [-0.2, 0) is 11.3 Å². The van der Waals surface area contributed by atoms with Gasteiger partial charge in [0, 0.05) is 24.8 Å². The molecule has 2 heterocycles. The number of ether oxygens (including phenoxy) is 3. The quantitative estimate of drug-likeness (QED) is 0.911. The van der Waals surface area contributed by atoms with Crippen molar-refractivity contribution in [2.75, 3.05) is 26.6 Å². The third-order valence-corrected chi connectivity index (χ3v) is 4.00. The van der Waals surface area contributed by atoms with E-state index in [1.807, 2.05) is 22.9 Å². The maximum atomic E-state index is 5.56. The van der Waals surface area contributed by atoms with Crippen LogP contribution in [0.25, 0.3) is 0 Å². The topological polar surface area (TPSA) is 70.4 Å². The summed E-state index contributed by atoms with van der Waals surface area (Å²) < 4.78 is 17.9. The van der Waals surface area contributed by atoms with Gasteiger partial charge >= 0.3 is 0 Å². The molecule has 0 spiro atoms. The maximum absolute atomic E-state index is 5.56. The second-order valence-electron chi connectivity index (χ2n) is 5.63. The lowest BCUT2D eigenvalue weighted by atomic mass is 9.97. The smallest absolute Gasteiger partial charge is 0.222 e. The van der Waals surface area contributed by atoms with Crippen LogP contribution in [0.1, 0.15) is 30.8 Å². The second kappa shape index (κ2) is 6.45. The predicted octanol–water partition coefficient (Wildman–Crippen LogP) is 2.24. The molecule has 2 atom stereocenters. The van der Waals surface area contributed by atoms with Gasteiger partial charge < -0.3 is 19.5 Å². The van der Waals surface area contributed by atoms with Crippen molar-refractivity contribution in [2.24, 2.45) is 0 Å². The molecule has 23 heavy (non-hydrogen) atoms. The molecule has 2 aromatic rings. The number of aromatic nitrogens is 3. The Morgan fingerprint density at radius 3 is 2.78 bits per heavy atom. The fourth-order valence-corrected chi connectivity index (χ4v) is 2.94. The van der Waals surface area contributed by atoms with E-state index in [2.05, 4.69) is 22.3 Å². The van der Waals surface area contributed by atoms with Crippen molar-refractivity contribution in [3.8, 4) is 11.5 Å². The van der Waals surface area contributed by atoms with Gasteiger partial charge in [0.05, 0.1) is 20.3 Å². The minimum absolute atomic E-state index is 0.0558. The molecule has 0 radical (unpaired) electrons. The first-order valence-electron chi connectivity index (χ1n) is 7.59. The van der Waals surface area contributed by atoms with Gasteiger partial charge in [-0.2, -0.15) is 10.1 Å². The van der Waals surface area contributed by atoms with E-state index in [9.17, 15) is 0 Å². The fourth-order valence-electron chi connectivity index (χ4n) is 2.94. The highest BCUT2D eigenvalue weighted by molar-refractivity contribution is 5.45. The lowest BCUT2D eigenvalue weighted by Gasteiger charge is -2.30. The summed E-state index contributed by atoms with van der Waals surface area (Å²) in [6, 6.07) is 6.22. The van der Waals surface area contributed by atoms with Gasteiger partial charge in [0.1, 0.15) is 18.1 Å². The van der Waals surface area contributed by atoms with Crippen LogP contribution in [-0.4, -0.2) is 42.1 Å². The Bertz CT molecular complexity index is 686. The van der Waals surface area contributed by atoms with E-state index >= 15 is 0 Å². The van der Waals surface area contributed by atoms with Gasteiger partial charge in [0.15, 0.2) is 5.82 Å². The lowest BCUT2D eigenvalue weighted by Crippen LogP contribution is -2.31. The summed E-state index contributed by atoms with van der Waals surface area (Å²) in [5, 5.41) is 7.95. The molecule has 1 aromatic heterocycles.